The Hall–Kier alpha value is -2.77. The lowest BCUT2D eigenvalue weighted by molar-refractivity contribution is -0.121. The van der Waals surface area contributed by atoms with E-state index in [4.69, 9.17) is 4.98 Å². The minimum atomic E-state index is 0.127. The maximum absolute atomic E-state index is 12.1. The third-order valence-corrected chi connectivity index (χ3v) is 6.63. The molecule has 4 rings (SSSR count). The molecule has 0 spiro atoms. The standard InChI is InChI=1S/C25H31N5OS/c1-20-7-9-22(10-8-20)19-23-27-25(32-28-23)30-17-15-29(16-18-30)14-13-26-24(31)12-11-21-5-3-2-4-6-21/h2-10H,11-19H2,1H3,(H,26,31). The van der Waals surface area contributed by atoms with Crippen LogP contribution in [0.3, 0.4) is 0 Å². The van der Waals surface area contributed by atoms with Crippen molar-refractivity contribution in [2.75, 3.05) is 44.2 Å². The van der Waals surface area contributed by atoms with Crippen molar-refractivity contribution in [3.63, 3.8) is 0 Å². The summed E-state index contributed by atoms with van der Waals surface area (Å²) in [6.07, 6.45) is 2.11. The summed E-state index contributed by atoms with van der Waals surface area (Å²) in [5.41, 5.74) is 3.72. The number of nitrogens with one attached hydrogen (secondary N) is 1. The molecule has 0 unspecified atom stereocenters. The molecular weight excluding hydrogens is 418 g/mol. The summed E-state index contributed by atoms with van der Waals surface area (Å²) >= 11 is 1.49. The minimum Gasteiger partial charge on any atom is -0.355 e. The molecular formula is C25H31N5OS. The third-order valence-electron chi connectivity index (χ3n) is 5.82. The molecule has 6 nitrogen and oxygen atoms in total. The van der Waals surface area contributed by atoms with Crippen LogP contribution in [-0.4, -0.2) is 59.4 Å². The molecule has 0 atom stereocenters. The number of nitrogens with zero attached hydrogens (tertiary/aromatic N) is 4. The topological polar surface area (TPSA) is 61.4 Å². The van der Waals surface area contributed by atoms with Gasteiger partial charge in [-0.2, -0.15) is 4.37 Å². The van der Waals surface area contributed by atoms with E-state index in [9.17, 15) is 4.79 Å². The van der Waals surface area contributed by atoms with Crippen LogP contribution in [0.4, 0.5) is 5.13 Å². The molecule has 1 saturated heterocycles. The zero-order chi connectivity index (χ0) is 22.2. The Labute approximate surface area is 194 Å². The Balaban J connectivity index is 1.14. The van der Waals surface area contributed by atoms with Gasteiger partial charge in [-0.1, -0.05) is 60.2 Å². The SMILES string of the molecule is Cc1ccc(Cc2nsc(N3CCN(CCNC(=O)CCc4ccccc4)CC3)n2)cc1. The molecule has 2 aromatic carbocycles. The summed E-state index contributed by atoms with van der Waals surface area (Å²) in [4.78, 5) is 21.6. The molecule has 2 heterocycles. The van der Waals surface area contributed by atoms with Crippen molar-refractivity contribution in [3.8, 4) is 0 Å². The highest BCUT2D eigenvalue weighted by molar-refractivity contribution is 7.09. The molecule has 1 aliphatic heterocycles. The molecule has 0 saturated carbocycles. The molecule has 0 bridgehead atoms. The average molecular weight is 450 g/mol. The summed E-state index contributed by atoms with van der Waals surface area (Å²) < 4.78 is 4.56. The predicted octanol–water partition coefficient (Wildman–Crippen LogP) is 3.31. The fraction of sp³-hybridized carbons (Fsp3) is 0.400. The summed E-state index contributed by atoms with van der Waals surface area (Å²) in [5, 5.41) is 4.07. The maximum Gasteiger partial charge on any atom is 0.220 e. The number of hydrogen-bond donors (Lipinski definition) is 1. The van der Waals surface area contributed by atoms with Gasteiger partial charge in [0.2, 0.25) is 11.0 Å². The Morgan fingerprint density at radius 2 is 1.75 bits per heavy atom. The highest BCUT2D eigenvalue weighted by atomic mass is 32.1. The van der Waals surface area contributed by atoms with E-state index in [-0.39, 0.29) is 5.91 Å². The molecule has 1 amide bonds. The van der Waals surface area contributed by atoms with E-state index in [1.807, 2.05) is 18.2 Å². The largest absolute Gasteiger partial charge is 0.355 e. The number of carbonyl (C=O) groups is 1. The second kappa shape index (κ2) is 11.2. The van der Waals surface area contributed by atoms with Gasteiger partial charge in [-0.25, -0.2) is 4.98 Å². The Kier molecular flexibility index (Phi) is 7.85. The van der Waals surface area contributed by atoms with Crippen LogP contribution in [0.2, 0.25) is 0 Å². The second-order valence-electron chi connectivity index (χ2n) is 8.32. The molecule has 1 fully saturated rings. The lowest BCUT2D eigenvalue weighted by Crippen LogP contribution is -2.48. The van der Waals surface area contributed by atoms with E-state index in [0.29, 0.717) is 13.0 Å². The van der Waals surface area contributed by atoms with Crippen molar-refractivity contribution < 1.29 is 4.79 Å². The molecule has 168 valence electrons. The molecule has 3 aromatic rings. The van der Waals surface area contributed by atoms with E-state index in [0.717, 1.165) is 56.5 Å². The summed E-state index contributed by atoms with van der Waals surface area (Å²) in [6, 6.07) is 18.7. The maximum atomic E-state index is 12.1. The van der Waals surface area contributed by atoms with Crippen molar-refractivity contribution in [1.82, 2.24) is 19.6 Å². The predicted molar refractivity (Wildman–Crippen MR) is 130 cm³/mol. The number of rotatable bonds is 9. The number of aromatic nitrogens is 2. The molecule has 1 aromatic heterocycles. The first kappa shape index (κ1) is 22.4. The van der Waals surface area contributed by atoms with Crippen LogP contribution >= 0.6 is 11.5 Å². The van der Waals surface area contributed by atoms with Gasteiger partial charge in [-0.15, -0.1) is 0 Å². The second-order valence-corrected chi connectivity index (χ2v) is 9.05. The first-order valence-corrected chi connectivity index (χ1v) is 12.1. The number of anilines is 1. The van der Waals surface area contributed by atoms with Crippen LogP contribution in [-0.2, 0) is 17.6 Å². The number of benzene rings is 2. The first-order valence-electron chi connectivity index (χ1n) is 11.3. The van der Waals surface area contributed by atoms with Crippen LogP contribution < -0.4 is 10.2 Å². The van der Waals surface area contributed by atoms with E-state index in [1.165, 1.54) is 28.2 Å². The minimum absolute atomic E-state index is 0.127. The van der Waals surface area contributed by atoms with Crippen LogP contribution in [0.25, 0.3) is 0 Å². The van der Waals surface area contributed by atoms with Crippen LogP contribution in [0.5, 0.6) is 0 Å². The molecule has 1 N–H and O–H groups in total. The van der Waals surface area contributed by atoms with Crippen LogP contribution in [0.15, 0.2) is 54.6 Å². The molecule has 0 radical (unpaired) electrons. The highest BCUT2D eigenvalue weighted by Crippen LogP contribution is 2.20. The van der Waals surface area contributed by atoms with Crippen molar-refractivity contribution >= 4 is 22.6 Å². The Morgan fingerprint density at radius 1 is 1.00 bits per heavy atom. The van der Waals surface area contributed by atoms with Gasteiger partial charge in [0.25, 0.3) is 0 Å². The number of aryl methyl sites for hydroxylation is 2. The Bertz CT molecular complexity index is 981. The number of carbonyl (C=O) groups excluding carboxylic acids is 1. The number of hydrogen-bond acceptors (Lipinski definition) is 6. The van der Waals surface area contributed by atoms with E-state index in [2.05, 4.69) is 62.8 Å². The zero-order valence-electron chi connectivity index (χ0n) is 18.7. The van der Waals surface area contributed by atoms with Gasteiger partial charge >= 0.3 is 0 Å². The van der Waals surface area contributed by atoms with Gasteiger partial charge in [0.1, 0.15) is 5.82 Å². The van der Waals surface area contributed by atoms with Crippen LogP contribution in [0, 0.1) is 6.92 Å². The molecule has 0 aliphatic carbocycles. The fourth-order valence-electron chi connectivity index (χ4n) is 3.84. The lowest BCUT2D eigenvalue weighted by Gasteiger charge is -2.34. The monoisotopic (exact) mass is 449 g/mol. The average Bonchev–Trinajstić information content (AvgIpc) is 3.29. The number of amides is 1. The van der Waals surface area contributed by atoms with Crippen molar-refractivity contribution in [1.29, 1.82) is 0 Å². The third kappa shape index (κ3) is 6.61. The summed E-state index contributed by atoms with van der Waals surface area (Å²) in [6.45, 7) is 7.54. The van der Waals surface area contributed by atoms with Gasteiger partial charge in [0, 0.05) is 63.6 Å². The molecule has 32 heavy (non-hydrogen) atoms. The molecule has 1 aliphatic rings. The van der Waals surface area contributed by atoms with Gasteiger partial charge in [0.15, 0.2) is 0 Å². The summed E-state index contributed by atoms with van der Waals surface area (Å²) in [5.74, 6) is 1.02. The van der Waals surface area contributed by atoms with Crippen molar-refractivity contribution in [2.45, 2.75) is 26.2 Å². The van der Waals surface area contributed by atoms with Crippen molar-refractivity contribution in [3.05, 3.63) is 77.1 Å². The first-order chi connectivity index (χ1) is 15.7. The normalized spacial score (nSPS) is 14.5. The van der Waals surface area contributed by atoms with Crippen molar-refractivity contribution in [2.24, 2.45) is 0 Å². The zero-order valence-corrected chi connectivity index (χ0v) is 19.5. The lowest BCUT2D eigenvalue weighted by atomic mass is 10.1. The fourth-order valence-corrected chi connectivity index (χ4v) is 4.58. The highest BCUT2D eigenvalue weighted by Gasteiger charge is 2.20. The van der Waals surface area contributed by atoms with E-state index in [1.54, 1.807) is 0 Å². The number of piperazine rings is 1. The van der Waals surface area contributed by atoms with Gasteiger partial charge in [-0.3, -0.25) is 9.69 Å². The summed E-state index contributed by atoms with van der Waals surface area (Å²) in [7, 11) is 0. The van der Waals surface area contributed by atoms with Crippen LogP contribution in [0.1, 0.15) is 28.9 Å². The van der Waals surface area contributed by atoms with Gasteiger partial charge in [-0.05, 0) is 24.5 Å². The quantitative estimate of drug-likeness (QED) is 0.543. The van der Waals surface area contributed by atoms with E-state index >= 15 is 0 Å². The molecule has 7 heteroatoms. The smallest absolute Gasteiger partial charge is 0.220 e. The van der Waals surface area contributed by atoms with Gasteiger partial charge in [0.05, 0.1) is 0 Å². The van der Waals surface area contributed by atoms with Gasteiger partial charge < -0.3 is 10.2 Å². The Morgan fingerprint density at radius 3 is 2.50 bits per heavy atom. The van der Waals surface area contributed by atoms with E-state index < -0.39 is 0 Å².